The van der Waals surface area contributed by atoms with Gasteiger partial charge in [-0.1, -0.05) is 13.0 Å². The van der Waals surface area contributed by atoms with Crippen LogP contribution in [0.1, 0.15) is 18.2 Å². The van der Waals surface area contributed by atoms with Crippen LogP contribution in [0.25, 0.3) is 0 Å². The van der Waals surface area contributed by atoms with Crippen LogP contribution in [0.4, 0.5) is 30.6 Å². The summed E-state index contributed by atoms with van der Waals surface area (Å²) in [5, 5.41) is 2.97. The maximum Gasteiger partial charge on any atom is 0.573 e. The number of nitrogens with zero attached hydrogens (tertiary/aromatic N) is 3. The number of rotatable bonds is 5. The number of nitrogens with one attached hydrogen (secondary N) is 1. The van der Waals surface area contributed by atoms with Crippen LogP contribution in [0.3, 0.4) is 0 Å². The molecule has 0 spiro atoms. The minimum atomic E-state index is -4.74. The molecule has 146 valence electrons. The molecular formula is C18H21F3N4O2. The van der Waals surface area contributed by atoms with Crippen molar-refractivity contribution >= 4 is 17.5 Å². The van der Waals surface area contributed by atoms with Gasteiger partial charge in [-0.25, -0.2) is 4.98 Å². The molecule has 9 heteroatoms. The van der Waals surface area contributed by atoms with Crippen LogP contribution in [-0.2, 0) is 11.2 Å². The third-order valence-electron chi connectivity index (χ3n) is 4.18. The summed E-state index contributed by atoms with van der Waals surface area (Å²) in [5.41, 5.74) is 2.30. The van der Waals surface area contributed by atoms with Gasteiger partial charge < -0.3 is 19.7 Å². The van der Waals surface area contributed by atoms with Gasteiger partial charge in [-0.2, -0.15) is 4.98 Å². The van der Waals surface area contributed by atoms with Crippen molar-refractivity contribution in [1.29, 1.82) is 0 Å². The molecule has 1 aliphatic heterocycles. The highest BCUT2D eigenvalue weighted by atomic mass is 19.4. The second-order valence-corrected chi connectivity index (χ2v) is 6.09. The fourth-order valence-corrected chi connectivity index (χ4v) is 2.99. The molecule has 0 atom stereocenters. The number of ether oxygens (including phenoxy) is 2. The van der Waals surface area contributed by atoms with Gasteiger partial charge in [-0.05, 0) is 25.5 Å². The average molecular weight is 382 g/mol. The SMILES string of the molecule is CCc1c(C)nc(Nc2cccc(OC(F)(F)F)c2)nc1N1CCOCC1. The number of hydrogen-bond donors (Lipinski definition) is 1. The molecule has 1 N–H and O–H groups in total. The van der Waals surface area contributed by atoms with Crippen LogP contribution in [-0.4, -0.2) is 42.6 Å². The number of aromatic nitrogens is 2. The first kappa shape index (κ1) is 19.2. The third-order valence-corrected chi connectivity index (χ3v) is 4.18. The quantitative estimate of drug-likeness (QED) is 0.848. The summed E-state index contributed by atoms with van der Waals surface area (Å²) in [7, 11) is 0. The van der Waals surface area contributed by atoms with Crippen molar-refractivity contribution in [2.24, 2.45) is 0 Å². The van der Waals surface area contributed by atoms with E-state index in [0.717, 1.165) is 36.6 Å². The molecule has 0 unspecified atom stereocenters. The molecule has 0 bridgehead atoms. The first-order valence-corrected chi connectivity index (χ1v) is 8.69. The zero-order chi connectivity index (χ0) is 19.4. The van der Waals surface area contributed by atoms with Crippen molar-refractivity contribution in [2.75, 3.05) is 36.5 Å². The third kappa shape index (κ3) is 5.00. The van der Waals surface area contributed by atoms with E-state index in [2.05, 4.69) is 24.9 Å². The number of hydrogen-bond acceptors (Lipinski definition) is 6. The Balaban J connectivity index is 1.87. The van der Waals surface area contributed by atoms with Crippen LogP contribution >= 0.6 is 0 Å². The molecule has 1 aliphatic rings. The molecular weight excluding hydrogens is 361 g/mol. The summed E-state index contributed by atoms with van der Waals surface area (Å²) < 4.78 is 46.6. The van der Waals surface area contributed by atoms with E-state index in [1.165, 1.54) is 18.2 Å². The summed E-state index contributed by atoms with van der Waals surface area (Å²) in [5.74, 6) is 0.858. The summed E-state index contributed by atoms with van der Waals surface area (Å²) in [6.45, 7) is 6.67. The van der Waals surface area contributed by atoms with Crippen LogP contribution < -0.4 is 15.0 Å². The van der Waals surface area contributed by atoms with E-state index in [4.69, 9.17) is 4.74 Å². The Labute approximate surface area is 155 Å². The normalized spacial score (nSPS) is 14.9. The molecule has 2 heterocycles. The lowest BCUT2D eigenvalue weighted by molar-refractivity contribution is -0.274. The standard InChI is InChI=1S/C18H21F3N4O2/c1-3-15-12(2)22-17(24-16(15)25-7-9-26-10-8-25)23-13-5-4-6-14(11-13)27-18(19,20)21/h4-6,11H,3,7-10H2,1-2H3,(H,22,23,24). The Bertz CT molecular complexity index is 793. The molecule has 6 nitrogen and oxygen atoms in total. The molecule has 0 aliphatic carbocycles. The molecule has 2 aromatic rings. The summed E-state index contributed by atoms with van der Waals surface area (Å²) >= 11 is 0. The Hall–Kier alpha value is -2.55. The van der Waals surface area contributed by atoms with Gasteiger partial charge in [0, 0.05) is 36.1 Å². The zero-order valence-electron chi connectivity index (χ0n) is 15.1. The van der Waals surface area contributed by atoms with Crippen LogP contribution in [0.5, 0.6) is 5.75 Å². The maximum absolute atomic E-state index is 12.4. The minimum Gasteiger partial charge on any atom is -0.406 e. The molecule has 0 radical (unpaired) electrons. The van der Waals surface area contributed by atoms with Crippen molar-refractivity contribution in [3.63, 3.8) is 0 Å². The van der Waals surface area contributed by atoms with E-state index in [1.807, 2.05) is 13.8 Å². The second-order valence-electron chi connectivity index (χ2n) is 6.09. The van der Waals surface area contributed by atoms with E-state index in [1.54, 1.807) is 6.07 Å². The van der Waals surface area contributed by atoms with Crippen LogP contribution in [0.15, 0.2) is 24.3 Å². The number of morpholine rings is 1. The highest BCUT2D eigenvalue weighted by Crippen LogP contribution is 2.28. The molecule has 0 amide bonds. The van der Waals surface area contributed by atoms with E-state index < -0.39 is 6.36 Å². The van der Waals surface area contributed by atoms with Gasteiger partial charge in [-0.15, -0.1) is 13.2 Å². The first-order chi connectivity index (χ1) is 12.9. The lowest BCUT2D eigenvalue weighted by atomic mass is 10.1. The molecule has 1 saturated heterocycles. The van der Waals surface area contributed by atoms with Gasteiger partial charge in [-0.3, -0.25) is 0 Å². The van der Waals surface area contributed by atoms with Crippen molar-refractivity contribution in [1.82, 2.24) is 9.97 Å². The van der Waals surface area contributed by atoms with Gasteiger partial charge in [0.1, 0.15) is 11.6 Å². The Morgan fingerprint density at radius 3 is 2.63 bits per heavy atom. The molecule has 3 rings (SSSR count). The minimum absolute atomic E-state index is 0.303. The Morgan fingerprint density at radius 1 is 1.22 bits per heavy atom. The van der Waals surface area contributed by atoms with E-state index >= 15 is 0 Å². The summed E-state index contributed by atoms with van der Waals surface area (Å²) in [4.78, 5) is 11.2. The van der Waals surface area contributed by atoms with E-state index in [9.17, 15) is 13.2 Å². The molecule has 0 saturated carbocycles. The molecule has 27 heavy (non-hydrogen) atoms. The number of aryl methyl sites for hydroxylation is 1. The number of benzene rings is 1. The number of anilines is 3. The van der Waals surface area contributed by atoms with Crippen molar-refractivity contribution in [3.05, 3.63) is 35.5 Å². The zero-order valence-corrected chi connectivity index (χ0v) is 15.1. The second kappa shape index (κ2) is 7.99. The van der Waals surface area contributed by atoms with Crippen molar-refractivity contribution in [3.8, 4) is 5.75 Å². The Kier molecular flexibility index (Phi) is 5.69. The smallest absolute Gasteiger partial charge is 0.406 e. The van der Waals surface area contributed by atoms with Crippen LogP contribution in [0, 0.1) is 6.92 Å². The summed E-state index contributed by atoms with van der Waals surface area (Å²) in [6.07, 6.45) is -3.95. The topological polar surface area (TPSA) is 59.5 Å². The van der Waals surface area contributed by atoms with Gasteiger partial charge in [0.25, 0.3) is 0 Å². The monoisotopic (exact) mass is 382 g/mol. The van der Waals surface area contributed by atoms with Gasteiger partial charge >= 0.3 is 6.36 Å². The van der Waals surface area contributed by atoms with Gasteiger partial charge in [0.15, 0.2) is 0 Å². The summed E-state index contributed by atoms with van der Waals surface area (Å²) in [6, 6.07) is 5.60. The fraction of sp³-hybridized carbons (Fsp3) is 0.444. The predicted octanol–water partition coefficient (Wildman–Crippen LogP) is 3.83. The average Bonchev–Trinajstić information content (AvgIpc) is 2.61. The number of halogens is 3. The molecule has 1 aromatic heterocycles. The highest BCUT2D eigenvalue weighted by molar-refractivity contribution is 5.60. The van der Waals surface area contributed by atoms with Crippen LogP contribution in [0.2, 0.25) is 0 Å². The van der Waals surface area contributed by atoms with Gasteiger partial charge in [0.2, 0.25) is 5.95 Å². The fourth-order valence-electron chi connectivity index (χ4n) is 2.99. The van der Waals surface area contributed by atoms with Crippen molar-refractivity contribution < 1.29 is 22.6 Å². The van der Waals surface area contributed by atoms with Gasteiger partial charge in [0.05, 0.1) is 13.2 Å². The maximum atomic E-state index is 12.4. The lowest BCUT2D eigenvalue weighted by Crippen LogP contribution is -2.37. The van der Waals surface area contributed by atoms with E-state index in [0.29, 0.717) is 24.8 Å². The largest absolute Gasteiger partial charge is 0.573 e. The first-order valence-electron chi connectivity index (χ1n) is 8.69. The number of alkyl halides is 3. The molecule has 1 fully saturated rings. The lowest BCUT2D eigenvalue weighted by Gasteiger charge is -2.30. The highest BCUT2D eigenvalue weighted by Gasteiger charge is 2.31. The molecule has 1 aromatic carbocycles. The predicted molar refractivity (Wildman–Crippen MR) is 95.6 cm³/mol. The van der Waals surface area contributed by atoms with Crippen molar-refractivity contribution in [2.45, 2.75) is 26.6 Å². The van der Waals surface area contributed by atoms with E-state index in [-0.39, 0.29) is 5.75 Å². The Morgan fingerprint density at radius 2 is 1.96 bits per heavy atom.